The molecular formula is C28H24N2O. The molecule has 0 N–H and O–H groups in total. The highest BCUT2D eigenvalue weighted by Gasteiger charge is 2.15. The van der Waals surface area contributed by atoms with E-state index >= 15 is 0 Å². The van der Waals surface area contributed by atoms with Crippen molar-refractivity contribution in [1.82, 2.24) is 0 Å². The van der Waals surface area contributed by atoms with Gasteiger partial charge < -0.3 is 9.32 Å². The van der Waals surface area contributed by atoms with Gasteiger partial charge >= 0.3 is 0 Å². The van der Waals surface area contributed by atoms with Crippen LogP contribution in [0.2, 0.25) is 0 Å². The minimum Gasteiger partial charge on any atom is -0.456 e. The maximum Gasteiger partial charge on any atom is 0.136 e. The molecule has 0 fully saturated rings. The summed E-state index contributed by atoms with van der Waals surface area (Å²) in [6, 6.07) is 35.3. The van der Waals surface area contributed by atoms with Crippen LogP contribution in [0.1, 0.15) is 17.2 Å². The van der Waals surface area contributed by atoms with Gasteiger partial charge in [-0.2, -0.15) is 0 Å². The van der Waals surface area contributed by atoms with Gasteiger partial charge in [0.1, 0.15) is 17.2 Å². The van der Waals surface area contributed by atoms with E-state index in [2.05, 4.69) is 79.7 Å². The normalized spacial score (nSPS) is 12.1. The summed E-state index contributed by atoms with van der Waals surface area (Å²) in [5, 5.41) is 3.00. The summed E-state index contributed by atoms with van der Waals surface area (Å²) in [4.78, 5) is 7.47. The number of hydrogen-bond acceptors (Lipinski definition) is 3. The Labute approximate surface area is 181 Å². The second-order valence-electron chi connectivity index (χ2n) is 7.87. The molecule has 1 aromatic heterocycles. The molecule has 3 nitrogen and oxygen atoms in total. The third kappa shape index (κ3) is 3.71. The van der Waals surface area contributed by atoms with Crippen LogP contribution < -0.4 is 10.3 Å². The van der Waals surface area contributed by atoms with E-state index in [4.69, 9.17) is 9.41 Å². The van der Waals surface area contributed by atoms with E-state index < -0.39 is 0 Å². The van der Waals surface area contributed by atoms with E-state index in [1.807, 2.05) is 42.5 Å². The summed E-state index contributed by atoms with van der Waals surface area (Å²) in [7, 11) is 4.11. The maximum atomic E-state index is 6.16. The van der Waals surface area contributed by atoms with Gasteiger partial charge in [-0.05, 0) is 47.5 Å². The molecule has 1 unspecified atom stereocenters. The van der Waals surface area contributed by atoms with Crippen molar-refractivity contribution in [1.29, 1.82) is 0 Å². The van der Waals surface area contributed by atoms with E-state index in [0.29, 0.717) is 0 Å². The van der Waals surface area contributed by atoms with Crippen LogP contribution in [0.3, 0.4) is 0 Å². The lowest BCUT2D eigenvalue weighted by Crippen LogP contribution is -2.11. The number of hydrogen-bond donors (Lipinski definition) is 0. The molecule has 0 saturated carbocycles. The molecule has 1 atom stereocenters. The van der Waals surface area contributed by atoms with Gasteiger partial charge in [-0.3, -0.25) is 4.99 Å². The van der Waals surface area contributed by atoms with E-state index in [9.17, 15) is 0 Å². The number of rotatable bonds is 4. The molecule has 1 heterocycles. The molecule has 0 aliphatic heterocycles. The Morgan fingerprint density at radius 1 is 0.613 bits per heavy atom. The molecule has 5 rings (SSSR count). The number of fused-ring (bicyclic) bond motifs is 2. The van der Waals surface area contributed by atoms with Gasteiger partial charge in [0.25, 0.3) is 0 Å². The number of benzene rings is 4. The fourth-order valence-electron chi connectivity index (χ4n) is 3.97. The van der Waals surface area contributed by atoms with Crippen molar-refractivity contribution in [2.45, 2.75) is 6.04 Å². The Kier molecular flexibility index (Phi) is 5.01. The van der Waals surface area contributed by atoms with Gasteiger partial charge in [-0.1, -0.05) is 66.7 Å². The summed E-state index contributed by atoms with van der Waals surface area (Å²) in [6.45, 7) is 0. The van der Waals surface area contributed by atoms with E-state index in [-0.39, 0.29) is 6.04 Å². The summed E-state index contributed by atoms with van der Waals surface area (Å²) in [5.74, 6) is 0. The average Bonchev–Trinajstić information content (AvgIpc) is 2.82. The molecule has 3 heteroatoms. The fourth-order valence-corrected chi connectivity index (χ4v) is 3.97. The van der Waals surface area contributed by atoms with Crippen LogP contribution in [0.25, 0.3) is 21.9 Å². The van der Waals surface area contributed by atoms with Gasteiger partial charge in [0.15, 0.2) is 0 Å². The zero-order valence-corrected chi connectivity index (χ0v) is 17.7. The van der Waals surface area contributed by atoms with E-state index in [1.54, 1.807) is 0 Å². The molecule has 0 aliphatic rings. The highest BCUT2D eigenvalue weighted by molar-refractivity contribution is 5.89. The molecule has 0 saturated heterocycles. The van der Waals surface area contributed by atoms with Crippen molar-refractivity contribution in [3.8, 4) is 0 Å². The Morgan fingerprint density at radius 2 is 1.13 bits per heavy atom. The summed E-state index contributed by atoms with van der Waals surface area (Å²) < 4.78 is 6.16. The molecule has 5 aromatic rings. The van der Waals surface area contributed by atoms with Gasteiger partial charge in [0.2, 0.25) is 0 Å². The first-order chi connectivity index (χ1) is 15.2. The van der Waals surface area contributed by atoms with Crippen LogP contribution in [0.5, 0.6) is 0 Å². The quantitative estimate of drug-likeness (QED) is 0.327. The Morgan fingerprint density at radius 3 is 1.71 bits per heavy atom. The zero-order chi connectivity index (χ0) is 21.2. The summed E-state index contributed by atoms with van der Waals surface area (Å²) in [5.41, 5.74) is 5.18. The Bertz CT molecular complexity index is 1340. The minimum absolute atomic E-state index is 0.119. The van der Waals surface area contributed by atoms with E-state index in [1.165, 1.54) is 5.69 Å². The molecule has 31 heavy (non-hydrogen) atoms. The Hall–Kier alpha value is -3.85. The van der Waals surface area contributed by atoms with Crippen molar-refractivity contribution >= 4 is 27.6 Å². The zero-order valence-electron chi connectivity index (χ0n) is 17.7. The lowest BCUT2D eigenvalue weighted by Gasteiger charge is -2.17. The largest absolute Gasteiger partial charge is 0.456 e. The fraction of sp³-hybridized carbons (Fsp3) is 0.107. The predicted octanol–water partition coefficient (Wildman–Crippen LogP) is 6.34. The van der Waals surface area contributed by atoms with Crippen LogP contribution >= 0.6 is 0 Å². The highest BCUT2D eigenvalue weighted by atomic mass is 16.3. The number of nitrogens with zero attached hydrogens (tertiary/aromatic N) is 2. The van der Waals surface area contributed by atoms with Crippen molar-refractivity contribution in [3.63, 3.8) is 0 Å². The highest BCUT2D eigenvalue weighted by Crippen LogP contribution is 2.28. The summed E-state index contributed by atoms with van der Waals surface area (Å²) in [6.07, 6.45) is 0. The lowest BCUT2D eigenvalue weighted by atomic mass is 9.98. The van der Waals surface area contributed by atoms with E-state index in [0.717, 1.165) is 38.4 Å². The predicted molar refractivity (Wildman–Crippen MR) is 128 cm³/mol. The van der Waals surface area contributed by atoms with Crippen molar-refractivity contribution in [2.24, 2.45) is 4.99 Å². The molecular weight excluding hydrogens is 380 g/mol. The van der Waals surface area contributed by atoms with Crippen molar-refractivity contribution < 1.29 is 4.42 Å². The van der Waals surface area contributed by atoms with Crippen LogP contribution in [0, 0.1) is 0 Å². The van der Waals surface area contributed by atoms with Gasteiger partial charge in [0.05, 0.1) is 5.36 Å². The van der Waals surface area contributed by atoms with Crippen LogP contribution in [-0.2, 0) is 0 Å². The molecule has 152 valence electrons. The molecule has 0 amide bonds. The van der Waals surface area contributed by atoms with Gasteiger partial charge in [0, 0.05) is 30.6 Å². The first kappa shape index (κ1) is 19.1. The van der Waals surface area contributed by atoms with Gasteiger partial charge in [-0.15, -0.1) is 0 Å². The maximum absolute atomic E-state index is 6.16. The third-order valence-corrected chi connectivity index (χ3v) is 5.60. The second kappa shape index (κ2) is 8.11. The van der Waals surface area contributed by atoms with Crippen LogP contribution in [-0.4, -0.2) is 14.1 Å². The second-order valence-corrected chi connectivity index (χ2v) is 7.87. The SMILES string of the molecule is CN(C)c1ccc(C(N=c2c3ccccc3oc3ccccc23)c2ccccc2)cc1. The molecule has 0 aliphatic carbocycles. The lowest BCUT2D eigenvalue weighted by molar-refractivity contribution is 0.658. The number of anilines is 1. The summed E-state index contributed by atoms with van der Waals surface area (Å²) >= 11 is 0. The Balaban J connectivity index is 1.80. The molecule has 0 spiro atoms. The third-order valence-electron chi connectivity index (χ3n) is 5.60. The standard InChI is InChI=1S/C28H24N2O/c1-30(2)22-18-16-21(17-19-22)27(20-10-4-3-5-11-20)29-28-23-12-6-8-14-25(23)31-26-15-9-7-13-24(26)28/h3-19,27H,1-2H3. The molecule has 4 aromatic carbocycles. The van der Waals surface area contributed by atoms with Gasteiger partial charge in [-0.25, -0.2) is 0 Å². The molecule has 0 radical (unpaired) electrons. The topological polar surface area (TPSA) is 28.7 Å². The smallest absolute Gasteiger partial charge is 0.136 e. The number of para-hydroxylation sites is 2. The minimum atomic E-state index is -0.119. The average molecular weight is 405 g/mol. The van der Waals surface area contributed by atoms with Crippen molar-refractivity contribution in [2.75, 3.05) is 19.0 Å². The van der Waals surface area contributed by atoms with Crippen LogP contribution in [0.15, 0.2) is 113 Å². The first-order valence-corrected chi connectivity index (χ1v) is 10.5. The van der Waals surface area contributed by atoms with Crippen LogP contribution in [0.4, 0.5) is 5.69 Å². The monoisotopic (exact) mass is 404 g/mol. The van der Waals surface area contributed by atoms with Crippen molar-refractivity contribution in [3.05, 3.63) is 120 Å². The first-order valence-electron chi connectivity index (χ1n) is 10.5. The molecule has 0 bridgehead atoms.